The third-order valence-electron chi connectivity index (χ3n) is 1.89. The van der Waals surface area contributed by atoms with Crippen molar-refractivity contribution in [3.8, 4) is 0 Å². The lowest BCUT2D eigenvalue weighted by molar-refractivity contribution is 0.0696. The maximum Gasteiger partial charge on any atom is 0.336 e. The van der Waals surface area contributed by atoms with Crippen molar-refractivity contribution in [2.75, 3.05) is 0 Å². The fourth-order valence-electron chi connectivity index (χ4n) is 1.24. The van der Waals surface area contributed by atoms with Crippen molar-refractivity contribution in [1.82, 2.24) is 0 Å². The second kappa shape index (κ2) is 3.94. The maximum absolute atomic E-state index is 10.8. The molecule has 0 saturated carbocycles. The molecule has 0 aromatic carbocycles. The van der Waals surface area contributed by atoms with Gasteiger partial charge in [-0.3, -0.25) is 0 Å². The predicted molar refractivity (Wildman–Crippen MR) is 58.4 cm³/mol. The summed E-state index contributed by atoms with van der Waals surface area (Å²) < 4.78 is 0. The molecule has 1 N–H and O–H groups in total. The molecular formula is C10H8O2S2. The third-order valence-corrected chi connectivity index (χ3v) is 3.69. The molecule has 4 heteroatoms. The molecule has 0 aliphatic rings. The Labute approximate surface area is 89.5 Å². The zero-order valence-electron chi connectivity index (χ0n) is 7.27. The van der Waals surface area contributed by atoms with Gasteiger partial charge in [-0.2, -0.15) is 0 Å². The second-order valence-electron chi connectivity index (χ2n) is 2.82. The van der Waals surface area contributed by atoms with E-state index in [2.05, 4.69) is 0 Å². The van der Waals surface area contributed by atoms with Gasteiger partial charge < -0.3 is 5.11 Å². The molecular weight excluding hydrogens is 216 g/mol. The quantitative estimate of drug-likeness (QED) is 0.869. The summed E-state index contributed by atoms with van der Waals surface area (Å²) in [5, 5.41) is 12.7. The van der Waals surface area contributed by atoms with Crippen molar-refractivity contribution in [2.45, 2.75) is 6.42 Å². The summed E-state index contributed by atoms with van der Waals surface area (Å²) in [6.07, 6.45) is 0.733. The Kier molecular flexibility index (Phi) is 2.65. The summed E-state index contributed by atoms with van der Waals surface area (Å²) in [4.78, 5) is 13.0. The van der Waals surface area contributed by atoms with Crippen LogP contribution in [0, 0.1) is 0 Å². The number of carboxylic acid groups (broad SMARTS) is 1. The zero-order valence-corrected chi connectivity index (χ0v) is 8.90. The van der Waals surface area contributed by atoms with Crippen LogP contribution in [0.25, 0.3) is 0 Å². The molecule has 2 nitrogen and oxygen atoms in total. The fraction of sp³-hybridized carbons (Fsp3) is 0.100. The second-order valence-corrected chi connectivity index (χ2v) is 4.85. The zero-order chi connectivity index (χ0) is 9.97. The molecule has 2 aromatic rings. The number of rotatable bonds is 3. The predicted octanol–water partition coefficient (Wildman–Crippen LogP) is 3.10. The molecule has 0 radical (unpaired) electrons. The summed E-state index contributed by atoms with van der Waals surface area (Å²) in [6, 6.07) is 5.67. The van der Waals surface area contributed by atoms with Crippen LogP contribution in [0.2, 0.25) is 0 Å². The Morgan fingerprint density at radius 2 is 2.14 bits per heavy atom. The topological polar surface area (TPSA) is 37.3 Å². The van der Waals surface area contributed by atoms with Crippen molar-refractivity contribution in [3.05, 3.63) is 44.3 Å². The van der Waals surface area contributed by atoms with Crippen molar-refractivity contribution in [3.63, 3.8) is 0 Å². The number of hydrogen-bond acceptors (Lipinski definition) is 3. The van der Waals surface area contributed by atoms with Crippen molar-refractivity contribution >= 4 is 28.6 Å². The van der Waals surface area contributed by atoms with Crippen molar-refractivity contribution in [1.29, 1.82) is 0 Å². The van der Waals surface area contributed by atoms with Crippen LogP contribution < -0.4 is 0 Å². The number of carbonyl (C=O) groups is 1. The van der Waals surface area contributed by atoms with Gasteiger partial charge in [0.2, 0.25) is 0 Å². The maximum atomic E-state index is 10.8. The molecule has 2 aromatic heterocycles. The van der Waals surface area contributed by atoms with Crippen LogP contribution in [0.5, 0.6) is 0 Å². The van der Waals surface area contributed by atoms with E-state index in [1.54, 1.807) is 17.4 Å². The smallest absolute Gasteiger partial charge is 0.336 e. The molecule has 0 aliphatic heterocycles. The molecule has 14 heavy (non-hydrogen) atoms. The average molecular weight is 224 g/mol. The van der Waals surface area contributed by atoms with Crippen LogP contribution in [0.1, 0.15) is 20.1 Å². The van der Waals surface area contributed by atoms with Gasteiger partial charge in [-0.15, -0.1) is 22.7 Å². The van der Waals surface area contributed by atoms with Gasteiger partial charge in [0.25, 0.3) is 0 Å². The Hall–Kier alpha value is -1.13. The van der Waals surface area contributed by atoms with E-state index < -0.39 is 5.97 Å². The van der Waals surface area contributed by atoms with E-state index in [1.165, 1.54) is 16.2 Å². The first kappa shape index (κ1) is 9.43. The summed E-state index contributed by atoms with van der Waals surface area (Å²) in [5.74, 6) is -0.835. The Morgan fingerprint density at radius 1 is 1.29 bits per heavy atom. The van der Waals surface area contributed by atoms with Gasteiger partial charge in [-0.05, 0) is 22.9 Å². The van der Waals surface area contributed by atoms with E-state index in [9.17, 15) is 4.79 Å². The minimum atomic E-state index is -0.835. The van der Waals surface area contributed by atoms with E-state index in [0.29, 0.717) is 5.56 Å². The molecule has 0 atom stereocenters. The molecule has 0 fully saturated rings. The number of hydrogen-bond donors (Lipinski definition) is 1. The summed E-state index contributed by atoms with van der Waals surface area (Å²) in [6.45, 7) is 0. The summed E-state index contributed by atoms with van der Waals surface area (Å²) in [5.41, 5.74) is 0.434. The highest BCUT2D eigenvalue weighted by Gasteiger charge is 2.11. The first-order valence-electron chi connectivity index (χ1n) is 4.09. The first-order valence-corrected chi connectivity index (χ1v) is 5.85. The monoisotopic (exact) mass is 224 g/mol. The number of aromatic carboxylic acids is 1. The summed E-state index contributed by atoms with van der Waals surface area (Å²) >= 11 is 3.16. The average Bonchev–Trinajstić information content (AvgIpc) is 2.75. The number of thiophene rings is 2. The van der Waals surface area contributed by atoms with Crippen molar-refractivity contribution < 1.29 is 9.90 Å². The van der Waals surface area contributed by atoms with E-state index >= 15 is 0 Å². The first-order chi connectivity index (χ1) is 6.77. The van der Waals surface area contributed by atoms with E-state index in [-0.39, 0.29) is 0 Å². The molecule has 0 bridgehead atoms. The van der Waals surface area contributed by atoms with Crippen molar-refractivity contribution in [2.24, 2.45) is 0 Å². The lowest BCUT2D eigenvalue weighted by Gasteiger charge is -1.96. The van der Waals surface area contributed by atoms with E-state index in [0.717, 1.165) is 11.3 Å². The Morgan fingerprint density at radius 3 is 2.79 bits per heavy atom. The van der Waals surface area contributed by atoms with E-state index in [4.69, 9.17) is 5.11 Å². The van der Waals surface area contributed by atoms with Gasteiger partial charge in [-0.25, -0.2) is 4.79 Å². The lowest BCUT2D eigenvalue weighted by atomic mass is 10.2. The largest absolute Gasteiger partial charge is 0.478 e. The standard InChI is InChI=1S/C10H8O2S2/c11-10(12)8-3-5-14-9(8)6-7-2-1-4-13-7/h1-5H,6H2,(H,11,12). The molecule has 0 aliphatic carbocycles. The lowest BCUT2D eigenvalue weighted by Crippen LogP contribution is -1.97. The molecule has 2 heterocycles. The highest BCUT2D eigenvalue weighted by molar-refractivity contribution is 7.11. The van der Waals surface area contributed by atoms with Gasteiger partial charge in [0.1, 0.15) is 0 Å². The number of carboxylic acids is 1. The third kappa shape index (κ3) is 1.86. The molecule has 0 amide bonds. The molecule has 72 valence electrons. The molecule has 0 saturated heterocycles. The van der Waals surface area contributed by atoms with Gasteiger partial charge >= 0.3 is 5.97 Å². The van der Waals surface area contributed by atoms with Crippen LogP contribution in [0.3, 0.4) is 0 Å². The minimum absolute atomic E-state index is 0.434. The van der Waals surface area contributed by atoms with Gasteiger partial charge in [0, 0.05) is 16.2 Å². The Balaban J connectivity index is 2.25. The Bertz CT molecular complexity index is 429. The van der Waals surface area contributed by atoms with Crippen LogP contribution >= 0.6 is 22.7 Å². The minimum Gasteiger partial charge on any atom is -0.478 e. The molecule has 0 spiro atoms. The summed E-state index contributed by atoms with van der Waals surface area (Å²) in [7, 11) is 0. The van der Waals surface area contributed by atoms with Gasteiger partial charge in [-0.1, -0.05) is 6.07 Å². The van der Waals surface area contributed by atoms with Crippen LogP contribution in [-0.2, 0) is 6.42 Å². The van der Waals surface area contributed by atoms with Gasteiger partial charge in [0.05, 0.1) is 5.56 Å². The molecule has 2 rings (SSSR count). The fourth-order valence-corrected chi connectivity index (χ4v) is 2.94. The van der Waals surface area contributed by atoms with E-state index in [1.807, 2.05) is 22.9 Å². The van der Waals surface area contributed by atoms with Crippen LogP contribution in [-0.4, -0.2) is 11.1 Å². The molecule has 0 unspecified atom stereocenters. The highest BCUT2D eigenvalue weighted by Crippen LogP contribution is 2.22. The van der Waals surface area contributed by atoms with Crippen LogP contribution in [0.4, 0.5) is 0 Å². The van der Waals surface area contributed by atoms with Crippen LogP contribution in [0.15, 0.2) is 29.0 Å². The SMILES string of the molecule is O=C(O)c1ccsc1Cc1cccs1. The van der Waals surface area contributed by atoms with Gasteiger partial charge in [0.15, 0.2) is 0 Å². The normalized spacial score (nSPS) is 10.3. The highest BCUT2D eigenvalue weighted by atomic mass is 32.1.